The molecule has 2 aromatic rings. The highest BCUT2D eigenvalue weighted by Gasteiger charge is 2.49. The topological polar surface area (TPSA) is 74.6 Å². The quantitative estimate of drug-likeness (QED) is 0.559. The predicted octanol–water partition coefficient (Wildman–Crippen LogP) is 5.63. The number of hydrogen-bond donors (Lipinski definition) is 1. The number of benzene rings is 2. The van der Waals surface area contributed by atoms with Crippen molar-refractivity contribution in [1.29, 1.82) is 5.26 Å². The first-order valence-electron chi connectivity index (χ1n) is 12.5. The highest BCUT2D eigenvalue weighted by atomic mass is 19.3. The van der Waals surface area contributed by atoms with Crippen LogP contribution in [-0.2, 0) is 4.74 Å². The zero-order chi connectivity index (χ0) is 26.8. The Morgan fingerprint density at radius 2 is 1.78 bits per heavy atom. The molecule has 2 aliphatic rings. The van der Waals surface area contributed by atoms with Gasteiger partial charge in [0.15, 0.2) is 0 Å². The number of piperidine rings is 1. The van der Waals surface area contributed by atoms with Gasteiger partial charge in [-0.15, -0.1) is 0 Å². The van der Waals surface area contributed by atoms with Crippen LogP contribution in [0.1, 0.15) is 57.1 Å². The molecule has 37 heavy (non-hydrogen) atoms. The minimum Gasteiger partial charge on any atom is -0.489 e. The van der Waals surface area contributed by atoms with Crippen LogP contribution in [0.15, 0.2) is 48.5 Å². The summed E-state index contributed by atoms with van der Waals surface area (Å²) in [4.78, 5) is 14.3. The molecule has 0 aromatic heterocycles. The van der Waals surface area contributed by atoms with E-state index in [2.05, 4.69) is 11.4 Å². The molecule has 4 atom stereocenters. The first kappa shape index (κ1) is 26.8. The van der Waals surface area contributed by atoms with E-state index in [0.29, 0.717) is 24.2 Å². The molecule has 1 saturated carbocycles. The molecule has 0 radical (unpaired) electrons. The van der Waals surface area contributed by atoms with Crippen molar-refractivity contribution in [3.63, 3.8) is 0 Å². The summed E-state index contributed by atoms with van der Waals surface area (Å²) < 4.78 is 54.7. The Kier molecular flexibility index (Phi) is 7.69. The molecule has 1 saturated heterocycles. The molecule has 1 amide bonds. The summed E-state index contributed by atoms with van der Waals surface area (Å²) in [6.07, 6.45) is -0.351. The molecule has 9 heteroatoms. The van der Waals surface area contributed by atoms with E-state index in [4.69, 9.17) is 14.7 Å². The molecule has 2 fully saturated rings. The number of nitrogens with one attached hydrogen (secondary N) is 1. The Morgan fingerprint density at radius 1 is 1.11 bits per heavy atom. The van der Waals surface area contributed by atoms with Crippen LogP contribution in [-0.4, -0.2) is 53.8 Å². The predicted molar refractivity (Wildman–Crippen MR) is 132 cm³/mol. The maximum atomic E-state index is 14.8. The zero-order valence-corrected chi connectivity index (χ0v) is 21.2. The molecule has 4 unspecified atom stereocenters. The largest absolute Gasteiger partial charge is 0.489 e. The molecule has 0 spiro atoms. The molecule has 1 aliphatic heterocycles. The van der Waals surface area contributed by atoms with Gasteiger partial charge in [0.05, 0.1) is 11.6 Å². The SMILES string of the molecule is CC(C)(C)OC(=O)NC1CN(C2CC(c3ccc(F)cc3)CC2Oc2ccc(C#N)cc2)CCC1(F)F. The fourth-order valence-electron chi connectivity index (χ4n) is 5.11. The second-order valence-electron chi connectivity index (χ2n) is 10.8. The minimum absolute atomic E-state index is 0.0497. The van der Waals surface area contributed by atoms with E-state index in [0.717, 1.165) is 5.56 Å². The van der Waals surface area contributed by atoms with Gasteiger partial charge >= 0.3 is 6.09 Å². The molecular formula is C28H32F3N3O3. The van der Waals surface area contributed by atoms with Crippen LogP contribution < -0.4 is 10.1 Å². The maximum Gasteiger partial charge on any atom is 0.408 e. The number of halogens is 3. The summed E-state index contributed by atoms with van der Waals surface area (Å²) >= 11 is 0. The van der Waals surface area contributed by atoms with Gasteiger partial charge in [0.2, 0.25) is 0 Å². The van der Waals surface area contributed by atoms with Crippen LogP contribution in [0.3, 0.4) is 0 Å². The van der Waals surface area contributed by atoms with Gasteiger partial charge in [0, 0.05) is 25.6 Å². The van der Waals surface area contributed by atoms with Gasteiger partial charge in [-0.2, -0.15) is 5.26 Å². The monoisotopic (exact) mass is 515 g/mol. The molecule has 6 nitrogen and oxygen atoms in total. The van der Waals surface area contributed by atoms with Crippen molar-refractivity contribution in [2.75, 3.05) is 13.1 Å². The van der Waals surface area contributed by atoms with E-state index in [1.54, 1.807) is 57.2 Å². The number of alkyl carbamates (subject to hydrolysis) is 1. The van der Waals surface area contributed by atoms with E-state index < -0.39 is 30.1 Å². The number of carbonyl (C=O) groups is 1. The number of rotatable bonds is 5. The second kappa shape index (κ2) is 10.6. The number of likely N-dealkylation sites (tertiary alicyclic amines) is 1. The third kappa shape index (κ3) is 6.75. The summed E-state index contributed by atoms with van der Waals surface area (Å²) in [6, 6.07) is 13.6. The number of alkyl halides is 2. The summed E-state index contributed by atoms with van der Waals surface area (Å²) in [5, 5.41) is 11.5. The molecule has 2 aromatic carbocycles. The van der Waals surface area contributed by atoms with Crippen LogP contribution in [0, 0.1) is 17.1 Å². The fourth-order valence-corrected chi connectivity index (χ4v) is 5.11. The molecule has 1 N–H and O–H groups in total. The molecule has 1 aliphatic carbocycles. The summed E-state index contributed by atoms with van der Waals surface area (Å²) in [5.74, 6) is -2.77. The number of amides is 1. The van der Waals surface area contributed by atoms with Crippen LogP contribution in [0.5, 0.6) is 5.75 Å². The lowest BCUT2D eigenvalue weighted by atomic mass is 9.96. The summed E-state index contributed by atoms with van der Waals surface area (Å²) in [6.45, 7) is 5.12. The average molecular weight is 516 g/mol. The number of nitriles is 1. The lowest BCUT2D eigenvalue weighted by molar-refractivity contribution is -0.0965. The number of ether oxygens (including phenoxy) is 2. The smallest absolute Gasteiger partial charge is 0.408 e. The van der Waals surface area contributed by atoms with Crippen molar-refractivity contribution < 1.29 is 27.4 Å². The first-order chi connectivity index (χ1) is 17.4. The molecule has 1 heterocycles. The Balaban J connectivity index is 1.54. The Hall–Kier alpha value is -3.25. The number of hydrogen-bond acceptors (Lipinski definition) is 5. The van der Waals surface area contributed by atoms with E-state index in [1.807, 2.05) is 4.90 Å². The normalized spacial score (nSPS) is 25.8. The Morgan fingerprint density at radius 3 is 2.41 bits per heavy atom. The van der Waals surface area contributed by atoms with Crippen LogP contribution in [0.2, 0.25) is 0 Å². The lowest BCUT2D eigenvalue weighted by Gasteiger charge is -2.42. The van der Waals surface area contributed by atoms with Crippen LogP contribution in [0.4, 0.5) is 18.0 Å². The van der Waals surface area contributed by atoms with Crippen molar-refractivity contribution >= 4 is 6.09 Å². The average Bonchev–Trinajstić information content (AvgIpc) is 3.24. The molecule has 0 bridgehead atoms. The van der Waals surface area contributed by atoms with Crippen molar-refractivity contribution in [1.82, 2.24) is 10.2 Å². The van der Waals surface area contributed by atoms with Crippen molar-refractivity contribution in [3.05, 3.63) is 65.5 Å². The lowest BCUT2D eigenvalue weighted by Crippen LogP contribution is -2.61. The molecule has 4 rings (SSSR count). The van der Waals surface area contributed by atoms with E-state index in [-0.39, 0.29) is 37.0 Å². The maximum absolute atomic E-state index is 14.8. The van der Waals surface area contributed by atoms with Crippen LogP contribution >= 0.6 is 0 Å². The standard InChI is InChI=1S/C28H32F3N3O3/c1-27(2,3)37-26(35)33-25-17-34(13-12-28(25,30)31)23-14-20(19-6-8-21(29)9-7-19)15-24(23)36-22-10-4-18(16-32)5-11-22/h4-11,20,23-25H,12-15,17H2,1-3H3,(H,33,35). The van der Waals surface area contributed by atoms with Gasteiger partial charge in [-0.1, -0.05) is 12.1 Å². The fraction of sp³-hybridized carbons (Fsp3) is 0.500. The zero-order valence-electron chi connectivity index (χ0n) is 21.2. The number of carbonyl (C=O) groups excluding carboxylic acids is 1. The van der Waals surface area contributed by atoms with Gasteiger partial charge < -0.3 is 14.8 Å². The highest BCUT2D eigenvalue weighted by molar-refractivity contribution is 5.68. The van der Waals surface area contributed by atoms with E-state index >= 15 is 0 Å². The highest BCUT2D eigenvalue weighted by Crippen LogP contribution is 2.41. The van der Waals surface area contributed by atoms with Gasteiger partial charge in [-0.25, -0.2) is 18.0 Å². The van der Waals surface area contributed by atoms with E-state index in [9.17, 15) is 18.0 Å². The minimum atomic E-state index is -3.08. The van der Waals surface area contributed by atoms with Crippen molar-refractivity contribution in [2.45, 2.75) is 75.7 Å². The summed E-state index contributed by atoms with van der Waals surface area (Å²) in [5.41, 5.74) is 0.665. The second-order valence-corrected chi connectivity index (χ2v) is 10.8. The Labute approximate surface area is 215 Å². The molecule has 198 valence electrons. The van der Waals surface area contributed by atoms with Gasteiger partial charge in [-0.3, -0.25) is 4.90 Å². The van der Waals surface area contributed by atoms with Gasteiger partial charge in [0.25, 0.3) is 5.92 Å². The number of nitrogens with zero attached hydrogens (tertiary/aromatic N) is 2. The summed E-state index contributed by atoms with van der Waals surface area (Å²) in [7, 11) is 0. The van der Waals surface area contributed by atoms with Crippen molar-refractivity contribution in [2.24, 2.45) is 0 Å². The van der Waals surface area contributed by atoms with Crippen LogP contribution in [0.25, 0.3) is 0 Å². The Bertz CT molecular complexity index is 1130. The van der Waals surface area contributed by atoms with Gasteiger partial charge in [-0.05, 0) is 81.5 Å². The first-order valence-corrected chi connectivity index (χ1v) is 12.5. The third-order valence-corrected chi connectivity index (χ3v) is 6.90. The van der Waals surface area contributed by atoms with Crippen molar-refractivity contribution in [3.8, 4) is 11.8 Å². The third-order valence-electron chi connectivity index (χ3n) is 6.90. The van der Waals surface area contributed by atoms with Gasteiger partial charge in [0.1, 0.15) is 29.3 Å². The molecular weight excluding hydrogens is 483 g/mol. The van der Waals surface area contributed by atoms with E-state index in [1.165, 1.54) is 12.1 Å².